The fourth-order valence-electron chi connectivity index (χ4n) is 2.84. The van der Waals surface area contributed by atoms with Crippen LogP contribution in [0.15, 0.2) is 18.3 Å². The summed E-state index contributed by atoms with van der Waals surface area (Å²) in [6, 6.07) is 4.45. The van der Waals surface area contributed by atoms with Crippen molar-refractivity contribution in [3.63, 3.8) is 0 Å². The molecule has 0 saturated carbocycles. The van der Waals surface area contributed by atoms with Crippen LogP contribution in [0.5, 0.6) is 0 Å². The molecule has 1 aromatic rings. The van der Waals surface area contributed by atoms with E-state index in [2.05, 4.69) is 46.5 Å². The average molecular weight is 293 g/mol. The first-order chi connectivity index (χ1) is 10.3. The van der Waals surface area contributed by atoms with Crippen molar-refractivity contribution in [1.82, 2.24) is 14.4 Å². The highest BCUT2D eigenvalue weighted by Crippen LogP contribution is 2.09. The molecular weight excluding hydrogens is 262 g/mol. The van der Waals surface area contributed by atoms with Crippen molar-refractivity contribution in [1.29, 1.82) is 0 Å². The summed E-state index contributed by atoms with van der Waals surface area (Å²) in [5.41, 5.74) is 1.45. The fraction of sp³-hybridized carbons (Fsp3) is 0.765. The Bertz CT molecular complexity index is 385. The molecule has 21 heavy (non-hydrogen) atoms. The molecule has 4 heteroatoms. The van der Waals surface area contributed by atoms with Gasteiger partial charge < -0.3 is 9.30 Å². The Balaban J connectivity index is 1.82. The molecule has 2 rings (SSSR count). The van der Waals surface area contributed by atoms with E-state index in [-0.39, 0.29) is 0 Å². The third kappa shape index (κ3) is 5.46. The van der Waals surface area contributed by atoms with E-state index in [1.54, 1.807) is 0 Å². The molecule has 1 fully saturated rings. The standard InChI is InChI=1S/C17H31N3O/c1-3-5-8-18(4-2)16-17-7-6-9-20(17)11-10-19-12-14-21-15-13-19/h6-7,9H,3-5,8,10-16H2,1-2H3. The van der Waals surface area contributed by atoms with Crippen molar-refractivity contribution in [2.75, 3.05) is 45.9 Å². The van der Waals surface area contributed by atoms with Gasteiger partial charge in [0.05, 0.1) is 13.2 Å². The zero-order valence-electron chi connectivity index (χ0n) is 13.8. The van der Waals surface area contributed by atoms with Gasteiger partial charge in [0.1, 0.15) is 0 Å². The maximum atomic E-state index is 5.41. The molecule has 1 saturated heterocycles. The first kappa shape index (κ1) is 16.5. The van der Waals surface area contributed by atoms with Crippen LogP contribution in [0.3, 0.4) is 0 Å². The Morgan fingerprint density at radius 3 is 2.71 bits per heavy atom. The number of ether oxygens (including phenoxy) is 1. The maximum absolute atomic E-state index is 5.41. The molecule has 0 spiro atoms. The molecule has 0 N–H and O–H groups in total. The third-order valence-electron chi connectivity index (χ3n) is 4.35. The number of hydrogen-bond donors (Lipinski definition) is 0. The van der Waals surface area contributed by atoms with Crippen LogP contribution in [0.2, 0.25) is 0 Å². The van der Waals surface area contributed by atoms with E-state index in [4.69, 9.17) is 4.74 Å². The SMILES string of the molecule is CCCCN(CC)Cc1cccn1CCN1CCOCC1. The molecule has 120 valence electrons. The van der Waals surface area contributed by atoms with Gasteiger partial charge >= 0.3 is 0 Å². The molecule has 0 amide bonds. The second-order valence-electron chi connectivity index (χ2n) is 5.87. The van der Waals surface area contributed by atoms with Crippen LogP contribution >= 0.6 is 0 Å². The van der Waals surface area contributed by atoms with Gasteiger partial charge in [0.15, 0.2) is 0 Å². The fourth-order valence-corrected chi connectivity index (χ4v) is 2.84. The number of rotatable bonds is 9. The van der Waals surface area contributed by atoms with Crippen LogP contribution in [0.1, 0.15) is 32.4 Å². The van der Waals surface area contributed by atoms with Crippen molar-refractivity contribution < 1.29 is 4.74 Å². The molecule has 0 unspecified atom stereocenters. The summed E-state index contributed by atoms with van der Waals surface area (Å²) < 4.78 is 7.83. The molecule has 0 aliphatic carbocycles. The van der Waals surface area contributed by atoms with E-state index in [1.165, 1.54) is 25.1 Å². The van der Waals surface area contributed by atoms with Gasteiger partial charge in [0.2, 0.25) is 0 Å². The minimum absolute atomic E-state index is 0.888. The quantitative estimate of drug-likeness (QED) is 0.697. The molecule has 4 nitrogen and oxygen atoms in total. The number of morpholine rings is 1. The molecule has 0 aromatic carbocycles. The largest absolute Gasteiger partial charge is 0.379 e. The van der Waals surface area contributed by atoms with E-state index >= 15 is 0 Å². The number of unbranched alkanes of at least 4 members (excludes halogenated alkanes) is 1. The molecule has 0 atom stereocenters. The monoisotopic (exact) mass is 293 g/mol. The predicted molar refractivity (Wildman–Crippen MR) is 87.6 cm³/mol. The molecular formula is C17H31N3O. The molecule has 1 aliphatic heterocycles. The summed E-state index contributed by atoms with van der Waals surface area (Å²) in [7, 11) is 0. The number of nitrogens with zero attached hydrogens (tertiary/aromatic N) is 3. The zero-order chi connectivity index (χ0) is 14.9. The van der Waals surface area contributed by atoms with Crippen molar-refractivity contribution in [2.45, 2.75) is 39.8 Å². The van der Waals surface area contributed by atoms with Gasteiger partial charge in [-0.2, -0.15) is 0 Å². The van der Waals surface area contributed by atoms with Crippen molar-refractivity contribution >= 4 is 0 Å². The van der Waals surface area contributed by atoms with Crippen LogP contribution < -0.4 is 0 Å². The Morgan fingerprint density at radius 1 is 1.19 bits per heavy atom. The van der Waals surface area contributed by atoms with E-state index < -0.39 is 0 Å². The lowest BCUT2D eigenvalue weighted by atomic mass is 10.3. The van der Waals surface area contributed by atoms with Gasteiger partial charge in [-0.15, -0.1) is 0 Å². The highest BCUT2D eigenvalue weighted by Gasteiger charge is 2.11. The van der Waals surface area contributed by atoms with Crippen molar-refractivity contribution in [3.8, 4) is 0 Å². The average Bonchev–Trinajstić information content (AvgIpc) is 2.97. The Labute approximate surface area is 129 Å². The predicted octanol–water partition coefficient (Wildman–Crippen LogP) is 2.44. The highest BCUT2D eigenvalue weighted by molar-refractivity contribution is 5.07. The normalized spacial score (nSPS) is 16.7. The summed E-state index contributed by atoms with van der Waals surface area (Å²) in [4.78, 5) is 5.05. The molecule has 1 aliphatic rings. The smallest absolute Gasteiger partial charge is 0.0594 e. The minimum Gasteiger partial charge on any atom is -0.379 e. The second-order valence-corrected chi connectivity index (χ2v) is 5.87. The van der Waals surface area contributed by atoms with Crippen LogP contribution in [0, 0.1) is 0 Å². The summed E-state index contributed by atoms with van der Waals surface area (Å²) in [6.07, 6.45) is 4.79. The highest BCUT2D eigenvalue weighted by atomic mass is 16.5. The third-order valence-corrected chi connectivity index (χ3v) is 4.35. The second kappa shape index (κ2) is 9.23. The van der Waals surface area contributed by atoms with Crippen molar-refractivity contribution in [2.24, 2.45) is 0 Å². The summed E-state index contributed by atoms with van der Waals surface area (Å²) in [6.45, 7) is 14.1. The summed E-state index contributed by atoms with van der Waals surface area (Å²) >= 11 is 0. The summed E-state index contributed by atoms with van der Waals surface area (Å²) in [5.74, 6) is 0. The van der Waals surface area contributed by atoms with Gasteiger partial charge in [-0.1, -0.05) is 20.3 Å². The van der Waals surface area contributed by atoms with Crippen LogP contribution in [-0.2, 0) is 17.8 Å². The number of aromatic nitrogens is 1. The van der Waals surface area contributed by atoms with E-state index in [9.17, 15) is 0 Å². The minimum atomic E-state index is 0.888. The lowest BCUT2D eigenvalue weighted by Gasteiger charge is -2.27. The van der Waals surface area contributed by atoms with Gasteiger partial charge in [-0.05, 0) is 31.6 Å². The first-order valence-electron chi connectivity index (χ1n) is 8.50. The lowest BCUT2D eigenvalue weighted by Crippen LogP contribution is -2.38. The Morgan fingerprint density at radius 2 is 2.00 bits per heavy atom. The van der Waals surface area contributed by atoms with Gasteiger partial charge in [0.25, 0.3) is 0 Å². The molecule has 0 radical (unpaired) electrons. The zero-order valence-corrected chi connectivity index (χ0v) is 13.8. The van der Waals surface area contributed by atoms with Crippen LogP contribution in [0.4, 0.5) is 0 Å². The van der Waals surface area contributed by atoms with E-state index in [0.29, 0.717) is 0 Å². The molecule has 2 heterocycles. The Kier molecular flexibility index (Phi) is 7.27. The maximum Gasteiger partial charge on any atom is 0.0594 e. The molecule has 1 aromatic heterocycles. The van der Waals surface area contributed by atoms with Crippen LogP contribution in [-0.4, -0.2) is 60.3 Å². The van der Waals surface area contributed by atoms with Crippen molar-refractivity contribution in [3.05, 3.63) is 24.0 Å². The summed E-state index contributed by atoms with van der Waals surface area (Å²) in [5, 5.41) is 0. The number of hydrogen-bond acceptors (Lipinski definition) is 3. The van der Waals surface area contributed by atoms with Crippen LogP contribution in [0.25, 0.3) is 0 Å². The van der Waals surface area contributed by atoms with Gasteiger partial charge in [-0.25, -0.2) is 0 Å². The van der Waals surface area contributed by atoms with Gasteiger partial charge in [0, 0.05) is 44.6 Å². The van der Waals surface area contributed by atoms with Gasteiger partial charge in [-0.3, -0.25) is 9.80 Å². The Hall–Kier alpha value is -0.840. The first-order valence-corrected chi connectivity index (χ1v) is 8.50. The van der Waals surface area contributed by atoms with E-state index in [0.717, 1.165) is 52.5 Å². The topological polar surface area (TPSA) is 20.6 Å². The lowest BCUT2D eigenvalue weighted by molar-refractivity contribution is 0.0362. The molecule has 0 bridgehead atoms. The van der Waals surface area contributed by atoms with E-state index in [1.807, 2.05) is 0 Å².